The lowest BCUT2D eigenvalue weighted by molar-refractivity contribution is 0.627. The van der Waals surface area contributed by atoms with Crippen LogP contribution in [-0.4, -0.2) is 20.2 Å². The number of aromatic amines is 1. The third-order valence-corrected chi connectivity index (χ3v) is 2.51. The van der Waals surface area contributed by atoms with E-state index >= 15 is 0 Å². The van der Waals surface area contributed by atoms with Crippen molar-refractivity contribution in [2.24, 2.45) is 0 Å². The van der Waals surface area contributed by atoms with Crippen LogP contribution in [-0.2, 0) is 0 Å². The highest BCUT2D eigenvalue weighted by Crippen LogP contribution is 2.26. The highest BCUT2D eigenvalue weighted by atomic mass is 35.5. The summed E-state index contributed by atoms with van der Waals surface area (Å²) in [5.41, 5.74) is 0.474. The van der Waals surface area contributed by atoms with Gasteiger partial charge in [0.1, 0.15) is 0 Å². The summed E-state index contributed by atoms with van der Waals surface area (Å²) in [6.07, 6.45) is 0. The number of tetrazole rings is 1. The van der Waals surface area contributed by atoms with E-state index in [0.29, 0.717) is 5.69 Å². The summed E-state index contributed by atoms with van der Waals surface area (Å²) < 4.78 is 14.7. The highest BCUT2D eigenvalue weighted by Gasteiger charge is 2.09. The molecular formula is C7H3Cl2FN4S. The Kier molecular flexibility index (Phi) is 2.72. The van der Waals surface area contributed by atoms with Crippen molar-refractivity contribution in [1.29, 1.82) is 0 Å². The van der Waals surface area contributed by atoms with Gasteiger partial charge in [-0.2, -0.15) is 5.21 Å². The fourth-order valence-corrected chi connectivity index (χ4v) is 1.70. The molecule has 0 saturated carbocycles. The van der Waals surface area contributed by atoms with Gasteiger partial charge in [0.2, 0.25) is 4.77 Å². The molecular weight excluding hydrogens is 262 g/mol. The lowest BCUT2D eigenvalue weighted by Gasteiger charge is -2.03. The van der Waals surface area contributed by atoms with Gasteiger partial charge >= 0.3 is 0 Å². The number of halogens is 3. The zero-order valence-corrected chi connectivity index (χ0v) is 9.37. The van der Waals surface area contributed by atoms with Crippen LogP contribution in [0, 0.1) is 10.6 Å². The van der Waals surface area contributed by atoms with Gasteiger partial charge in [0.25, 0.3) is 0 Å². The molecule has 0 fully saturated rings. The molecule has 1 aromatic heterocycles. The van der Waals surface area contributed by atoms with Crippen LogP contribution in [0.4, 0.5) is 4.39 Å². The van der Waals surface area contributed by atoms with Crippen molar-refractivity contribution in [1.82, 2.24) is 20.2 Å². The minimum absolute atomic E-state index is 0.0889. The lowest BCUT2D eigenvalue weighted by Crippen LogP contribution is -1.97. The quantitative estimate of drug-likeness (QED) is 0.637. The van der Waals surface area contributed by atoms with E-state index in [-0.39, 0.29) is 14.8 Å². The van der Waals surface area contributed by atoms with Crippen molar-refractivity contribution in [2.45, 2.75) is 0 Å². The molecule has 0 saturated heterocycles. The first-order chi connectivity index (χ1) is 7.09. The Bertz CT molecular complexity index is 541. The first-order valence-electron chi connectivity index (χ1n) is 3.74. The van der Waals surface area contributed by atoms with Gasteiger partial charge in [-0.15, -0.1) is 0 Å². The molecule has 0 aliphatic carbocycles. The molecule has 2 aromatic rings. The molecule has 1 aromatic carbocycles. The summed E-state index contributed by atoms with van der Waals surface area (Å²) in [7, 11) is 0. The Hall–Kier alpha value is -0.980. The predicted octanol–water partition coefficient (Wildman–Crippen LogP) is 2.77. The first kappa shape index (κ1) is 10.5. The largest absolute Gasteiger partial charge is 0.242 e. The molecule has 2 rings (SSSR count). The molecule has 78 valence electrons. The van der Waals surface area contributed by atoms with E-state index in [1.165, 1.54) is 16.8 Å². The van der Waals surface area contributed by atoms with E-state index in [1.54, 1.807) is 0 Å². The second kappa shape index (κ2) is 3.88. The summed E-state index contributed by atoms with van der Waals surface area (Å²) in [6.45, 7) is 0. The Balaban J connectivity index is 2.66. The third kappa shape index (κ3) is 1.88. The number of benzene rings is 1. The third-order valence-electron chi connectivity index (χ3n) is 1.70. The lowest BCUT2D eigenvalue weighted by atomic mass is 10.3. The number of nitrogens with zero attached hydrogens (tertiary/aromatic N) is 3. The molecule has 0 unspecified atom stereocenters. The topological polar surface area (TPSA) is 46.5 Å². The molecule has 8 heteroatoms. The zero-order chi connectivity index (χ0) is 11.0. The fourth-order valence-electron chi connectivity index (χ4n) is 1.04. The van der Waals surface area contributed by atoms with Gasteiger partial charge in [-0.3, -0.25) is 0 Å². The van der Waals surface area contributed by atoms with E-state index in [4.69, 9.17) is 35.4 Å². The van der Waals surface area contributed by atoms with Crippen molar-refractivity contribution in [3.05, 3.63) is 32.8 Å². The molecule has 0 amide bonds. The van der Waals surface area contributed by atoms with Crippen LogP contribution in [0.1, 0.15) is 0 Å². The second-order valence-electron chi connectivity index (χ2n) is 2.64. The molecule has 1 heterocycles. The summed E-state index contributed by atoms with van der Waals surface area (Å²) in [6, 6.07) is 2.75. The SMILES string of the molecule is Fc1c(Cl)cc(-n2[nH]nnc2=S)cc1Cl. The number of nitrogens with one attached hydrogen (secondary N) is 1. The second-order valence-corrected chi connectivity index (χ2v) is 3.82. The van der Waals surface area contributed by atoms with Gasteiger partial charge in [-0.05, 0) is 24.4 Å². The molecule has 0 bridgehead atoms. The van der Waals surface area contributed by atoms with Crippen LogP contribution in [0.25, 0.3) is 5.69 Å². The smallest absolute Gasteiger partial charge is 0.209 e. The summed E-state index contributed by atoms with van der Waals surface area (Å²) >= 11 is 16.1. The molecule has 0 spiro atoms. The van der Waals surface area contributed by atoms with Gasteiger partial charge in [0, 0.05) is 0 Å². The average Bonchev–Trinajstić information content (AvgIpc) is 2.60. The van der Waals surface area contributed by atoms with Gasteiger partial charge in [-0.25, -0.2) is 9.07 Å². The predicted molar refractivity (Wildman–Crippen MR) is 56.5 cm³/mol. The van der Waals surface area contributed by atoms with E-state index in [1.807, 2.05) is 0 Å². The van der Waals surface area contributed by atoms with Crippen molar-refractivity contribution < 1.29 is 4.39 Å². The Morgan fingerprint density at radius 2 is 1.93 bits per heavy atom. The minimum Gasteiger partial charge on any atom is -0.209 e. The minimum atomic E-state index is -0.666. The molecule has 0 atom stereocenters. The van der Waals surface area contributed by atoms with Crippen molar-refractivity contribution in [2.75, 3.05) is 0 Å². The molecule has 0 aliphatic heterocycles. The van der Waals surface area contributed by atoms with Gasteiger partial charge in [-0.1, -0.05) is 33.5 Å². The van der Waals surface area contributed by atoms with Crippen LogP contribution >= 0.6 is 35.4 Å². The van der Waals surface area contributed by atoms with E-state index < -0.39 is 5.82 Å². The maximum absolute atomic E-state index is 13.1. The molecule has 0 radical (unpaired) electrons. The molecule has 15 heavy (non-hydrogen) atoms. The molecule has 1 N–H and O–H groups in total. The summed E-state index contributed by atoms with van der Waals surface area (Å²) in [5.74, 6) is -0.666. The monoisotopic (exact) mass is 264 g/mol. The van der Waals surface area contributed by atoms with Gasteiger partial charge in [0.05, 0.1) is 15.7 Å². The van der Waals surface area contributed by atoms with E-state index in [0.717, 1.165) is 0 Å². The first-order valence-corrected chi connectivity index (χ1v) is 4.91. The van der Waals surface area contributed by atoms with Gasteiger partial charge in [0.15, 0.2) is 5.82 Å². The van der Waals surface area contributed by atoms with Crippen LogP contribution in [0.15, 0.2) is 12.1 Å². The summed E-state index contributed by atoms with van der Waals surface area (Å²) in [4.78, 5) is 0. The number of H-pyrrole nitrogens is 1. The Labute approximate surface area is 98.6 Å². The maximum Gasteiger partial charge on any atom is 0.242 e. The van der Waals surface area contributed by atoms with Crippen LogP contribution < -0.4 is 0 Å². The normalized spacial score (nSPS) is 10.6. The van der Waals surface area contributed by atoms with Crippen molar-refractivity contribution in [3.8, 4) is 5.69 Å². The maximum atomic E-state index is 13.1. The van der Waals surface area contributed by atoms with Gasteiger partial charge < -0.3 is 0 Å². The van der Waals surface area contributed by atoms with Crippen molar-refractivity contribution in [3.63, 3.8) is 0 Å². The average molecular weight is 265 g/mol. The van der Waals surface area contributed by atoms with Crippen LogP contribution in [0.5, 0.6) is 0 Å². The van der Waals surface area contributed by atoms with Crippen LogP contribution in [0.3, 0.4) is 0 Å². The Morgan fingerprint density at radius 3 is 2.40 bits per heavy atom. The standard InChI is InChI=1S/C7H3Cl2FN4S/c8-4-1-3(2-5(9)6(4)10)14-7(15)11-12-13-14/h1-2H,(H,11,13,15). The zero-order valence-electron chi connectivity index (χ0n) is 7.04. The van der Waals surface area contributed by atoms with E-state index in [9.17, 15) is 4.39 Å². The number of aromatic nitrogens is 4. The Morgan fingerprint density at radius 1 is 1.33 bits per heavy atom. The molecule has 4 nitrogen and oxygen atoms in total. The number of hydrogen-bond acceptors (Lipinski definition) is 3. The highest BCUT2D eigenvalue weighted by molar-refractivity contribution is 7.71. The number of rotatable bonds is 1. The summed E-state index contributed by atoms with van der Waals surface area (Å²) in [5, 5.41) is 9.38. The fraction of sp³-hybridized carbons (Fsp3) is 0. The number of hydrogen-bond donors (Lipinski definition) is 1. The van der Waals surface area contributed by atoms with Crippen LogP contribution in [0.2, 0.25) is 10.0 Å². The van der Waals surface area contributed by atoms with E-state index in [2.05, 4.69) is 15.5 Å². The van der Waals surface area contributed by atoms with Crippen molar-refractivity contribution >= 4 is 35.4 Å². The molecule has 0 aliphatic rings.